The molecule has 20 heavy (non-hydrogen) atoms. The molecule has 1 aromatic carbocycles. The lowest BCUT2D eigenvalue weighted by atomic mass is 10.2. The maximum atomic E-state index is 14.3. The Morgan fingerprint density at radius 3 is 2.75 bits per heavy atom. The van der Waals surface area contributed by atoms with Crippen molar-refractivity contribution in [3.63, 3.8) is 0 Å². The molecule has 0 saturated heterocycles. The molecule has 2 N–H and O–H groups in total. The van der Waals surface area contributed by atoms with Crippen LogP contribution in [0.25, 0.3) is 0 Å². The lowest BCUT2D eigenvalue weighted by Gasteiger charge is -2.24. The lowest BCUT2D eigenvalue weighted by Crippen LogP contribution is -2.23. The Kier molecular flexibility index (Phi) is 4.63. The summed E-state index contributed by atoms with van der Waals surface area (Å²) in [6.45, 7) is 4.81. The first-order valence-electron chi connectivity index (χ1n) is 6.65. The first-order valence-corrected chi connectivity index (χ1v) is 6.65. The minimum absolute atomic E-state index is 0.302. The van der Waals surface area contributed by atoms with Crippen LogP contribution < -0.4 is 10.6 Å². The van der Waals surface area contributed by atoms with Gasteiger partial charge in [0.2, 0.25) is 0 Å². The highest BCUT2D eigenvalue weighted by Crippen LogP contribution is 2.27. The average Bonchev–Trinajstić information content (AvgIpc) is 2.44. The van der Waals surface area contributed by atoms with E-state index < -0.39 is 0 Å². The third-order valence-corrected chi connectivity index (χ3v) is 3.10. The maximum Gasteiger partial charge on any atom is 0.187 e. The van der Waals surface area contributed by atoms with Crippen LogP contribution >= 0.6 is 0 Å². The Hall–Kier alpha value is -2.01. The number of aryl methyl sites for hydroxylation is 2. The summed E-state index contributed by atoms with van der Waals surface area (Å²) in [4.78, 5) is 9.82. The molecule has 0 atom stereocenters. The number of halogens is 1. The summed E-state index contributed by atoms with van der Waals surface area (Å²) in [7, 11) is 0. The van der Waals surface area contributed by atoms with E-state index in [1.165, 1.54) is 6.33 Å². The first kappa shape index (κ1) is 14.4. The summed E-state index contributed by atoms with van der Waals surface area (Å²) in [5.74, 6) is -0.0809. The zero-order valence-corrected chi connectivity index (χ0v) is 11.8. The number of rotatable bonds is 5. The zero-order chi connectivity index (χ0) is 14.5. The summed E-state index contributed by atoms with van der Waals surface area (Å²) in [5, 5.41) is 0. The maximum absolute atomic E-state index is 14.3. The SMILES string of the molecule is Cc1cccc(N(CCCN)c2ncnc(C)c2F)c1. The Morgan fingerprint density at radius 2 is 2.05 bits per heavy atom. The number of nitrogens with two attached hydrogens (primary N) is 1. The molecule has 4 nitrogen and oxygen atoms in total. The third kappa shape index (κ3) is 3.11. The number of hydrogen-bond acceptors (Lipinski definition) is 4. The van der Waals surface area contributed by atoms with Crippen molar-refractivity contribution in [1.82, 2.24) is 9.97 Å². The fraction of sp³-hybridized carbons (Fsp3) is 0.333. The molecule has 0 spiro atoms. The van der Waals surface area contributed by atoms with Crippen LogP contribution in [-0.2, 0) is 0 Å². The van der Waals surface area contributed by atoms with Crippen LogP contribution in [0.4, 0.5) is 15.9 Å². The van der Waals surface area contributed by atoms with Crippen LogP contribution in [0.15, 0.2) is 30.6 Å². The van der Waals surface area contributed by atoms with Crippen molar-refractivity contribution in [2.45, 2.75) is 20.3 Å². The molecule has 0 aliphatic heterocycles. The van der Waals surface area contributed by atoms with Crippen LogP contribution in [-0.4, -0.2) is 23.1 Å². The molecule has 2 aromatic rings. The molecule has 0 aliphatic rings. The zero-order valence-electron chi connectivity index (χ0n) is 11.8. The van der Waals surface area contributed by atoms with Crippen molar-refractivity contribution in [2.75, 3.05) is 18.0 Å². The molecule has 0 unspecified atom stereocenters. The van der Waals surface area contributed by atoms with Crippen molar-refractivity contribution >= 4 is 11.5 Å². The summed E-state index contributed by atoms with van der Waals surface area (Å²) in [6.07, 6.45) is 2.15. The molecule has 0 saturated carbocycles. The van der Waals surface area contributed by atoms with E-state index in [2.05, 4.69) is 9.97 Å². The largest absolute Gasteiger partial charge is 0.330 e. The van der Waals surface area contributed by atoms with Crippen LogP contribution in [0.3, 0.4) is 0 Å². The average molecular weight is 274 g/mol. The third-order valence-electron chi connectivity index (χ3n) is 3.10. The standard InChI is InChI=1S/C15H19FN4/c1-11-5-3-6-13(9-11)20(8-4-7-17)15-14(16)12(2)18-10-19-15/h3,5-6,9-10H,4,7-8,17H2,1-2H3. The van der Waals surface area contributed by atoms with Crippen LogP contribution in [0.1, 0.15) is 17.7 Å². The van der Waals surface area contributed by atoms with E-state index in [1.54, 1.807) is 6.92 Å². The fourth-order valence-corrected chi connectivity index (χ4v) is 2.04. The molecule has 0 aliphatic carbocycles. The minimum Gasteiger partial charge on any atom is -0.330 e. The van der Waals surface area contributed by atoms with Gasteiger partial charge in [0.1, 0.15) is 6.33 Å². The van der Waals surface area contributed by atoms with Gasteiger partial charge in [-0.05, 0) is 44.5 Å². The number of benzene rings is 1. The second-order valence-corrected chi connectivity index (χ2v) is 4.73. The van der Waals surface area contributed by atoms with E-state index in [4.69, 9.17) is 5.73 Å². The van der Waals surface area contributed by atoms with E-state index in [1.807, 2.05) is 36.1 Å². The van der Waals surface area contributed by atoms with Gasteiger partial charge in [-0.25, -0.2) is 14.4 Å². The van der Waals surface area contributed by atoms with Gasteiger partial charge in [-0.1, -0.05) is 12.1 Å². The molecule has 5 heteroatoms. The second-order valence-electron chi connectivity index (χ2n) is 4.73. The monoisotopic (exact) mass is 274 g/mol. The van der Waals surface area contributed by atoms with Gasteiger partial charge in [0.05, 0.1) is 5.69 Å². The number of hydrogen-bond donors (Lipinski definition) is 1. The molecule has 0 bridgehead atoms. The first-order chi connectivity index (χ1) is 9.63. The van der Waals surface area contributed by atoms with Crippen LogP contribution in [0.5, 0.6) is 0 Å². The van der Waals surface area contributed by atoms with Crippen LogP contribution in [0.2, 0.25) is 0 Å². The Labute approximate surface area is 118 Å². The Bertz CT molecular complexity index is 586. The van der Waals surface area contributed by atoms with Gasteiger partial charge in [-0.2, -0.15) is 0 Å². The van der Waals surface area contributed by atoms with Gasteiger partial charge in [-0.15, -0.1) is 0 Å². The van der Waals surface area contributed by atoms with Gasteiger partial charge in [0, 0.05) is 12.2 Å². The Balaban J connectivity index is 2.44. The minimum atomic E-state index is -0.383. The lowest BCUT2D eigenvalue weighted by molar-refractivity contribution is 0.597. The van der Waals surface area contributed by atoms with Gasteiger partial charge < -0.3 is 10.6 Å². The van der Waals surface area contributed by atoms with Crippen LogP contribution in [0, 0.1) is 19.7 Å². The highest BCUT2D eigenvalue weighted by Gasteiger charge is 2.17. The summed E-state index contributed by atoms with van der Waals surface area (Å²) >= 11 is 0. The smallest absolute Gasteiger partial charge is 0.187 e. The molecule has 1 heterocycles. The quantitative estimate of drug-likeness (QED) is 0.910. The van der Waals surface area contributed by atoms with E-state index in [9.17, 15) is 4.39 Å². The molecule has 1 aromatic heterocycles. The molecular weight excluding hydrogens is 255 g/mol. The highest BCUT2D eigenvalue weighted by molar-refractivity contribution is 5.61. The summed E-state index contributed by atoms with van der Waals surface area (Å²) in [5.41, 5.74) is 7.95. The van der Waals surface area contributed by atoms with Crippen molar-refractivity contribution in [3.05, 3.63) is 47.7 Å². The summed E-state index contributed by atoms with van der Waals surface area (Å²) in [6, 6.07) is 7.91. The van der Waals surface area contributed by atoms with Crippen molar-refractivity contribution in [3.8, 4) is 0 Å². The molecular formula is C15H19FN4. The van der Waals surface area contributed by atoms with E-state index in [-0.39, 0.29) is 5.82 Å². The van der Waals surface area contributed by atoms with Gasteiger partial charge in [-0.3, -0.25) is 0 Å². The molecule has 0 fully saturated rings. The Morgan fingerprint density at radius 1 is 1.25 bits per heavy atom. The molecule has 0 radical (unpaired) electrons. The van der Waals surface area contributed by atoms with Gasteiger partial charge >= 0.3 is 0 Å². The van der Waals surface area contributed by atoms with Crippen molar-refractivity contribution in [2.24, 2.45) is 5.73 Å². The normalized spacial score (nSPS) is 10.6. The number of anilines is 2. The second kappa shape index (κ2) is 6.43. The fourth-order valence-electron chi connectivity index (χ4n) is 2.04. The van der Waals surface area contributed by atoms with E-state index in [0.717, 1.165) is 17.7 Å². The van der Waals surface area contributed by atoms with Crippen molar-refractivity contribution < 1.29 is 4.39 Å². The molecule has 2 rings (SSSR count). The predicted molar refractivity (Wildman–Crippen MR) is 78.6 cm³/mol. The topological polar surface area (TPSA) is 55.0 Å². The molecule has 106 valence electrons. The number of nitrogens with zero attached hydrogens (tertiary/aromatic N) is 3. The molecule has 0 amide bonds. The van der Waals surface area contributed by atoms with E-state index >= 15 is 0 Å². The van der Waals surface area contributed by atoms with E-state index in [0.29, 0.717) is 24.6 Å². The summed E-state index contributed by atoms with van der Waals surface area (Å²) < 4.78 is 14.3. The highest BCUT2D eigenvalue weighted by atomic mass is 19.1. The van der Waals surface area contributed by atoms with Gasteiger partial charge in [0.25, 0.3) is 0 Å². The predicted octanol–water partition coefficient (Wildman–Crippen LogP) is 2.72. The van der Waals surface area contributed by atoms with Crippen molar-refractivity contribution in [1.29, 1.82) is 0 Å². The van der Waals surface area contributed by atoms with Gasteiger partial charge in [0.15, 0.2) is 11.6 Å². The number of aromatic nitrogens is 2.